The zero-order chi connectivity index (χ0) is 16.2. The Morgan fingerprint density at radius 2 is 1.45 bits per heavy atom. The van der Waals surface area contributed by atoms with Gasteiger partial charge in [0.1, 0.15) is 0 Å². The highest BCUT2D eigenvalue weighted by atomic mass is 35.5. The topological polar surface area (TPSA) is 8.81 Å². The largest absolute Gasteiger partial charge is 1.00 e. The molecule has 0 saturated carbocycles. The van der Waals surface area contributed by atoms with Crippen LogP contribution in [0.3, 0.4) is 0 Å². The molecule has 0 fully saturated rings. The van der Waals surface area contributed by atoms with E-state index in [9.17, 15) is 30.7 Å². The molecule has 0 atom stereocenters. The first-order chi connectivity index (χ1) is 9.43. The van der Waals surface area contributed by atoms with Gasteiger partial charge in [-0.05, 0) is 12.1 Å². The summed E-state index contributed by atoms with van der Waals surface area (Å²) in [5.41, 5.74) is 0.236. The highest BCUT2D eigenvalue weighted by Gasteiger charge is 2.77. The van der Waals surface area contributed by atoms with Crippen molar-refractivity contribution in [3.05, 3.63) is 30.1 Å². The predicted octanol–water partition coefficient (Wildman–Crippen LogP) is 0.296. The average Bonchev–Trinajstić information content (AvgIpc) is 2.61. The van der Waals surface area contributed by atoms with Gasteiger partial charge in [-0.1, -0.05) is 12.1 Å². The highest BCUT2D eigenvalue weighted by molar-refractivity contribution is 5.72. The lowest BCUT2D eigenvalue weighted by atomic mass is 10.1. The van der Waals surface area contributed by atoms with Crippen LogP contribution in [-0.4, -0.2) is 16.7 Å². The van der Waals surface area contributed by atoms with Crippen LogP contribution in [0.1, 0.15) is 5.82 Å². The van der Waals surface area contributed by atoms with Gasteiger partial charge in [0.25, 0.3) is 0 Å². The van der Waals surface area contributed by atoms with Gasteiger partial charge in [0.15, 0.2) is 11.0 Å². The quantitative estimate of drug-likeness (QED) is 0.544. The van der Waals surface area contributed by atoms with Gasteiger partial charge in [0.2, 0.25) is 0 Å². The molecule has 0 aliphatic heterocycles. The monoisotopic (exact) mass is 350 g/mol. The van der Waals surface area contributed by atoms with Gasteiger partial charge >= 0.3 is 23.8 Å². The molecule has 22 heavy (non-hydrogen) atoms. The fourth-order valence-electron chi connectivity index (χ4n) is 2.22. The summed E-state index contributed by atoms with van der Waals surface area (Å²) in [6.45, 7) is 0. The number of halogens is 8. The van der Waals surface area contributed by atoms with Crippen molar-refractivity contribution in [2.75, 3.05) is 0 Å². The average molecular weight is 351 g/mol. The van der Waals surface area contributed by atoms with Gasteiger partial charge in [0, 0.05) is 0 Å². The first kappa shape index (κ1) is 18.5. The fourth-order valence-corrected chi connectivity index (χ4v) is 2.22. The van der Waals surface area contributed by atoms with Crippen LogP contribution >= 0.6 is 0 Å². The van der Waals surface area contributed by atoms with E-state index < -0.39 is 23.8 Å². The lowest BCUT2D eigenvalue weighted by Gasteiger charge is -2.25. The molecule has 0 aliphatic carbocycles. The number of rotatable bonds is 2. The van der Waals surface area contributed by atoms with Gasteiger partial charge in [-0.2, -0.15) is 30.7 Å². The number of aryl methyl sites for hydroxylation is 2. The van der Waals surface area contributed by atoms with E-state index in [2.05, 4.69) is 0 Å². The molecule has 0 unspecified atom stereocenters. The van der Waals surface area contributed by atoms with Crippen LogP contribution in [0.4, 0.5) is 30.7 Å². The Labute approximate surface area is 126 Å². The van der Waals surface area contributed by atoms with E-state index in [0.29, 0.717) is 9.13 Å². The molecule has 0 N–H and O–H groups in total. The van der Waals surface area contributed by atoms with Crippen LogP contribution in [0.25, 0.3) is 11.0 Å². The molecular weight excluding hydrogens is 341 g/mol. The summed E-state index contributed by atoms with van der Waals surface area (Å²) in [5.74, 6) is -13.0. The van der Waals surface area contributed by atoms with Gasteiger partial charge in [-0.3, -0.25) is 0 Å². The molecular formula is C12H10ClF7N2. The number of benzene rings is 1. The smallest absolute Gasteiger partial charge is 0.460 e. The summed E-state index contributed by atoms with van der Waals surface area (Å²) in [4.78, 5) is 0. The number of hydrogen-bond acceptors (Lipinski definition) is 0. The van der Waals surface area contributed by atoms with Gasteiger partial charge in [0.05, 0.1) is 14.1 Å². The van der Waals surface area contributed by atoms with Crippen LogP contribution in [0, 0.1) is 0 Å². The molecule has 2 rings (SSSR count). The minimum absolute atomic E-state index is 0. The van der Waals surface area contributed by atoms with Crippen LogP contribution in [-0.2, 0) is 20.0 Å². The second kappa shape index (κ2) is 5.29. The summed E-state index contributed by atoms with van der Waals surface area (Å²) in [5, 5.41) is 0. The van der Waals surface area contributed by atoms with Crippen molar-refractivity contribution in [3.8, 4) is 0 Å². The SMILES string of the molecule is Cn1c(C(F)(F)C(F)(F)C(F)(F)F)[n+](C)c2ccccc21.[Cl-]. The molecule has 0 amide bonds. The van der Waals surface area contributed by atoms with Gasteiger partial charge < -0.3 is 12.4 Å². The molecule has 10 heteroatoms. The number of hydrogen-bond donors (Lipinski definition) is 0. The second-order valence-corrected chi connectivity index (χ2v) is 4.58. The van der Waals surface area contributed by atoms with E-state index in [1.165, 1.54) is 24.3 Å². The third-order valence-electron chi connectivity index (χ3n) is 3.27. The number of para-hydroxylation sites is 2. The maximum atomic E-state index is 13.9. The van der Waals surface area contributed by atoms with E-state index >= 15 is 0 Å². The van der Waals surface area contributed by atoms with Crippen LogP contribution in [0.15, 0.2) is 24.3 Å². The van der Waals surface area contributed by atoms with Crippen molar-refractivity contribution in [2.24, 2.45) is 14.1 Å². The molecule has 0 spiro atoms. The molecule has 124 valence electrons. The Hall–Kier alpha value is -1.51. The standard InChI is InChI=1S/C12H10F7N2.ClH/c1-20-7-5-3-4-6-8(7)21(2)9(20)10(13,14)11(15,16)12(17,18)19;/h3-6H,1-2H3;1H/q+1;/p-1. The number of aromatic nitrogens is 2. The van der Waals surface area contributed by atoms with Crippen LogP contribution in [0.5, 0.6) is 0 Å². The molecule has 1 aromatic carbocycles. The van der Waals surface area contributed by atoms with Crippen molar-refractivity contribution in [1.29, 1.82) is 0 Å². The summed E-state index contributed by atoms with van der Waals surface area (Å²) in [7, 11) is 2.02. The molecule has 2 nitrogen and oxygen atoms in total. The first-order valence-corrected chi connectivity index (χ1v) is 5.69. The summed E-state index contributed by atoms with van der Waals surface area (Å²) in [6.07, 6.45) is -6.36. The van der Waals surface area contributed by atoms with E-state index in [1.54, 1.807) is 0 Å². The minimum atomic E-state index is -6.36. The van der Waals surface area contributed by atoms with Crippen molar-refractivity contribution in [3.63, 3.8) is 0 Å². The molecule has 1 heterocycles. The lowest BCUT2D eigenvalue weighted by molar-refractivity contribution is -0.668. The minimum Gasteiger partial charge on any atom is -1.00 e. The molecule has 0 saturated heterocycles. The first-order valence-electron chi connectivity index (χ1n) is 5.69. The van der Waals surface area contributed by atoms with Crippen molar-refractivity contribution in [2.45, 2.75) is 18.0 Å². The third-order valence-corrected chi connectivity index (χ3v) is 3.27. The number of nitrogens with zero attached hydrogens (tertiary/aromatic N) is 2. The Bertz CT molecular complexity index is 652. The van der Waals surface area contributed by atoms with Crippen molar-refractivity contribution < 1.29 is 47.7 Å². The fraction of sp³-hybridized carbons (Fsp3) is 0.417. The lowest BCUT2D eigenvalue weighted by Crippen LogP contribution is -3.00. The molecule has 0 bridgehead atoms. The maximum Gasteiger partial charge on any atom is 0.460 e. The second-order valence-electron chi connectivity index (χ2n) is 4.58. The Kier molecular flexibility index (Phi) is 4.46. The zero-order valence-corrected chi connectivity index (χ0v) is 12.0. The van der Waals surface area contributed by atoms with E-state index in [0.717, 1.165) is 14.1 Å². The maximum absolute atomic E-state index is 13.9. The normalized spacial score (nSPS) is 13.3. The Morgan fingerprint density at radius 1 is 0.955 bits per heavy atom. The summed E-state index contributed by atoms with van der Waals surface area (Å²) in [6, 6.07) is 5.62. The molecule has 1 aromatic heterocycles. The zero-order valence-electron chi connectivity index (χ0n) is 11.2. The van der Waals surface area contributed by atoms with E-state index in [4.69, 9.17) is 0 Å². The predicted molar refractivity (Wildman–Crippen MR) is 59.0 cm³/mol. The molecule has 2 aromatic rings. The summed E-state index contributed by atoms with van der Waals surface area (Å²) >= 11 is 0. The van der Waals surface area contributed by atoms with E-state index in [1.807, 2.05) is 0 Å². The Morgan fingerprint density at radius 3 is 1.91 bits per heavy atom. The number of alkyl halides is 7. The van der Waals surface area contributed by atoms with Gasteiger partial charge in [-0.25, -0.2) is 9.13 Å². The van der Waals surface area contributed by atoms with Crippen molar-refractivity contribution in [1.82, 2.24) is 4.57 Å². The van der Waals surface area contributed by atoms with Gasteiger partial charge in [-0.15, -0.1) is 0 Å². The van der Waals surface area contributed by atoms with Crippen LogP contribution < -0.4 is 17.0 Å². The highest BCUT2D eigenvalue weighted by Crippen LogP contribution is 2.51. The third kappa shape index (κ3) is 2.31. The number of imidazole rings is 1. The Balaban J connectivity index is 0.00000242. The van der Waals surface area contributed by atoms with Crippen molar-refractivity contribution >= 4 is 11.0 Å². The summed E-state index contributed by atoms with van der Waals surface area (Å²) < 4.78 is 92.2. The number of fused-ring (bicyclic) bond motifs is 1. The van der Waals surface area contributed by atoms with Crippen LogP contribution in [0.2, 0.25) is 0 Å². The van der Waals surface area contributed by atoms with E-state index in [-0.39, 0.29) is 23.4 Å². The molecule has 0 aliphatic rings. The molecule has 0 radical (unpaired) electrons.